The van der Waals surface area contributed by atoms with E-state index in [0.717, 1.165) is 43.6 Å². The van der Waals surface area contributed by atoms with E-state index in [-0.39, 0.29) is 11.9 Å². The van der Waals surface area contributed by atoms with Crippen molar-refractivity contribution in [3.63, 3.8) is 0 Å². The normalized spacial score (nSPS) is 20.2. The minimum atomic E-state index is -0.0293. The molecule has 6 nitrogen and oxygen atoms in total. The molecular weight excluding hydrogens is 352 g/mol. The number of likely N-dealkylation sites (tertiary alicyclic amines) is 1. The second-order valence-corrected chi connectivity index (χ2v) is 8.83. The predicted molar refractivity (Wildman–Crippen MR) is 110 cm³/mol. The summed E-state index contributed by atoms with van der Waals surface area (Å²) >= 11 is 0. The number of nitrogens with zero attached hydrogens (tertiary/aromatic N) is 3. The molecule has 2 fully saturated rings. The van der Waals surface area contributed by atoms with E-state index in [1.165, 1.54) is 32.1 Å². The molecule has 6 heteroatoms. The van der Waals surface area contributed by atoms with Gasteiger partial charge in [-0.15, -0.1) is 0 Å². The highest BCUT2D eigenvalue weighted by Crippen LogP contribution is 2.28. The predicted octanol–water partition coefficient (Wildman–Crippen LogP) is 3.50. The maximum Gasteiger partial charge on any atom is 0.222 e. The number of hydrogen-bond acceptors (Lipinski definition) is 3. The van der Waals surface area contributed by atoms with Crippen molar-refractivity contribution >= 4 is 11.8 Å². The molecule has 1 N–H and O–H groups in total. The van der Waals surface area contributed by atoms with E-state index < -0.39 is 0 Å². The molecule has 1 aromatic heterocycles. The van der Waals surface area contributed by atoms with E-state index in [2.05, 4.69) is 10.4 Å². The van der Waals surface area contributed by atoms with Crippen LogP contribution in [0.15, 0.2) is 6.20 Å². The fourth-order valence-electron chi connectivity index (χ4n) is 4.73. The average molecular weight is 389 g/mol. The van der Waals surface area contributed by atoms with Crippen molar-refractivity contribution in [3.8, 4) is 0 Å². The third kappa shape index (κ3) is 5.36. The number of nitrogens with one attached hydrogen (secondary N) is 1. The topological polar surface area (TPSA) is 67.2 Å². The van der Waals surface area contributed by atoms with Crippen molar-refractivity contribution in [1.29, 1.82) is 0 Å². The first-order valence-corrected chi connectivity index (χ1v) is 11.0. The molecule has 1 atom stereocenters. The summed E-state index contributed by atoms with van der Waals surface area (Å²) in [4.78, 5) is 27.1. The third-order valence-electron chi connectivity index (χ3n) is 6.75. The lowest BCUT2D eigenvalue weighted by Crippen LogP contribution is -2.40. The van der Waals surface area contributed by atoms with Gasteiger partial charge in [-0.2, -0.15) is 5.10 Å². The average Bonchev–Trinajstić information content (AvgIpc) is 3.02. The Kier molecular flexibility index (Phi) is 7.13. The standard InChI is InChI=1S/C22H36N4O2/c1-16(20-15-23-25(3)17(20)2)24-21(27)13-19-9-11-26(12-10-19)22(28)14-18-7-5-4-6-8-18/h15-16,18-19H,4-14H2,1-3H3,(H,24,27). The van der Waals surface area contributed by atoms with Crippen molar-refractivity contribution in [3.05, 3.63) is 17.5 Å². The molecule has 0 aromatic carbocycles. The molecule has 3 rings (SSSR count). The lowest BCUT2D eigenvalue weighted by molar-refractivity contribution is -0.134. The Labute approximate surface area is 169 Å². The molecule has 1 unspecified atom stereocenters. The second kappa shape index (κ2) is 9.57. The van der Waals surface area contributed by atoms with Crippen LogP contribution < -0.4 is 5.32 Å². The van der Waals surface area contributed by atoms with Gasteiger partial charge in [-0.25, -0.2) is 0 Å². The van der Waals surface area contributed by atoms with Crippen LogP contribution in [-0.4, -0.2) is 39.6 Å². The highest BCUT2D eigenvalue weighted by Gasteiger charge is 2.27. The highest BCUT2D eigenvalue weighted by molar-refractivity contribution is 5.77. The largest absolute Gasteiger partial charge is 0.349 e. The van der Waals surface area contributed by atoms with Crippen LogP contribution in [0.25, 0.3) is 0 Å². The van der Waals surface area contributed by atoms with Crippen molar-refractivity contribution in [2.45, 2.75) is 77.7 Å². The number of aromatic nitrogens is 2. The first-order chi connectivity index (χ1) is 13.4. The Hall–Kier alpha value is -1.85. The molecule has 1 aromatic rings. The fourth-order valence-corrected chi connectivity index (χ4v) is 4.73. The van der Waals surface area contributed by atoms with E-state index in [9.17, 15) is 9.59 Å². The summed E-state index contributed by atoms with van der Waals surface area (Å²) in [6, 6.07) is -0.0293. The van der Waals surface area contributed by atoms with Crippen LogP contribution >= 0.6 is 0 Å². The lowest BCUT2D eigenvalue weighted by Gasteiger charge is -2.33. The van der Waals surface area contributed by atoms with Gasteiger partial charge < -0.3 is 10.2 Å². The van der Waals surface area contributed by atoms with Crippen LogP contribution in [0.1, 0.15) is 82.0 Å². The second-order valence-electron chi connectivity index (χ2n) is 8.83. The summed E-state index contributed by atoms with van der Waals surface area (Å²) in [6.07, 6.45) is 11.3. The van der Waals surface area contributed by atoms with Crippen molar-refractivity contribution in [1.82, 2.24) is 20.0 Å². The zero-order chi connectivity index (χ0) is 20.1. The van der Waals surface area contributed by atoms with Gasteiger partial charge in [0.25, 0.3) is 0 Å². The van der Waals surface area contributed by atoms with Gasteiger partial charge in [-0.3, -0.25) is 14.3 Å². The van der Waals surface area contributed by atoms with Gasteiger partial charge in [-0.05, 0) is 51.4 Å². The van der Waals surface area contributed by atoms with Gasteiger partial charge in [0.1, 0.15) is 0 Å². The molecule has 156 valence electrons. The third-order valence-corrected chi connectivity index (χ3v) is 6.75. The zero-order valence-corrected chi connectivity index (χ0v) is 17.7. The molecule has 1 saturated heterocycles. The summed E-state index contributed by atoms with van der Waals surface area (Å²) in [6.45, 7) is 5.64. The quantitative estimate of drug-likeness (QED) is 0.811. The van der Waals surface area contributed by atoms with Crippen molar-refractivity contribution < 1.29 is 9.59 Å². The maximum absolute atomic E-state index is 12.6. The van der Waals surface area contributed by atoms with Gasteiger partial charge in [0, 0.05) is 44.2 Å². The summed E-state index contributed by atoms with van der Waals surface area (Å²) in [5.74, 6) is 1.40. The molecule has 1 aliphatic heterocycles. The van der Waals surface area contributed by atoms with E-state index >= 15 is 0 Å². The van der Waals surface area contributed by atoms with Gasteiger partial charge in [-0.1, -0.05) is 19.3 Å². The molecule has 0 radical (unpaired) electrons. The molecule has 1 saturated carbocycles. The van der Waals surface area contributed by atoms with E-state index in [4.69, 9.17) is 0 Å². The molecule has 2 amide bonds. The molecule has 1 aliphatic carbocycles. The lowest BCUT2D eigenvalue weighted by atomic mass is 9.86. The number of carbonyl (C=O) groups excluding carboxylic acids is 2. The summed E-state index contributed by atoms with van der Waals surface area (Å²) in [5.41, 5.74) is 2.15. The van der Waals surface area contributed by atoms with Crippen LogP contribution in [0.2, 0.25) is 0 Å². The number of hydrogen-bond donors (Lipinski definition) is 1. The number of amides is 2. The van der Waals surface area contributed by atoms with Gasteiger partial charge in [0.15, 0.2) is 0 Å². The maximum atomic E-state index is 12.6. The van der Waals surface area contributed by atoms with E-state index in [0.29, 0.717) is 24.2 Å². The summed E-state index contributed by atoms with van der Waals surface area (Å²) in [5, 5.41) is 7.37. The van der Waals surface area contributed by atoms with Crippen molar-refractivity contribution in [2.24, 2.45) is 18.9 Å². The van der Waals surface area contributed by atoms with Crippen molar-refractivity contribution in [2.75, 3.05) is 13.1 Å². The minimum Gasteiger partial charge on any atom is -0.349 e. The van der Waals surface area contributed by atoms with Crippen LogP contribution in [-0.2, 0) is 16.6 Å². The first-order valence-electron chi connectivity index (χ1n) is 11.0. The van der Waals surface area contributed by atoms with Gasteiger partial charge >= 0.3 is 0 Å². The van der Waals surface area contributed by atoms with Crippen LogP contribution in [0.3, 0.4) is 0 Å². The Balaban J connectivity index is 1.39. The summed E-state index contributed by atoms with van der Waals surface area (Å²) in [7, 11) is 1.91. The fraction of sp³-hybridized carbons (Fsp3) is 0.773. The molecule has 0 bridgehead atoms. The smallest absolute Gasteiger partial charge is 0.222 e. The molecule has 2 aliphatic rings. The Morgan fingerprint density at radius 3 is 2.36 bits per heavy atom. The van der Waals surface area contributed by atoms with Crippen LogP contribution in [0.4, 0.5) is 0 Å². The molecule has 28 heavy (non-hydrogen) atoms. The SMILES string of the molecule is Cc1c(C(C)NC(=O)CC2CCN(C(=O)CC3CCCCC3)CC2)cnn1C. The van der Waals surface area contributed by atoms with Gasteiger partial charge in [0.2, 0.25) is 11.8 Å². The summed E-state index contributed by atoms with van der Waals surface area (Å²) < 4.78 is 1.83. The van der Waals surface area contributed by atoms with Crippen LogP contribution in [0.5, 0.6) is 0 Å². The van der Waals surface area contributed by atoms with Crippen LogP contribution in [0, 0.1) is 18.8 Å². The number of carbonyl (C=O) groups is 2. The monoisotopic (exact) mass is 388 g/mol. The van der Waals surface area contributed by atoms with E-state index in [1.54, 1.807) is 0 Å². The van der Waals surface area contributed by atoms with Gasteiger partial charge in [0.05, 0.1) is 12.2 Å². The minimum absolute atomic E-state index is 0.0293. The molecule has 0 spiro atoms. The Morgan fingerprint density at radius 1 is 1.11 bits per heavy atom. The Bertz CT molecular complexity index is 670. The molecular formula is C22H36N4O2. The zero-order valence-electron chi connectivity index (χ0n) is 17.7. The van der Waals surface area contributed by atoms with E-state index in [1.807, 2.05) is 36.7 Å². The highest BCUT2D eigenvalue weighted by atomic mass is 16.2. The molecule has 2 heterocycles. The first kappa shape index (κ1) is 20.9. The number of aryl methyl sites for hydroxylation is 1. The number of piperidine rings is 1. The Morgan fingerprint density at radius 2 is 1.75 bits per heavy atom. The number of rotatable bonds is 6.